The van der Waals surface area contributed by atoms with Crippen molar-refractivity contribution in [1.29, 1.82) is 0 Å². The molecule has 19 heavy (non-hydrogen) atoms. The van der Waals surface area contributed by atoms with Gasteiger partial charge in [-0.3, -0.25) is 4.79 Å². The number of benzene rings is 1. The molecular weight excluding hydrogens is 244 g/mol. The quantitative estimate of drug-likeness (QED) is 0.745. The van der Waals surface area contributed by atoms with Gasteiger partial charge in [0, 0.05) is 6.42 Å². The fraction of sp³-hybridized carbons (Fsp3) is 0.500. The van der Waals surface area contributed by atoms with Gasteiger partial charge in [0.2, 0.25) is 5.91 Å². The summed E-state index contributed by atoms with van der Waals surface area (Å²) in [4.78, 5) is 11.1. The number of hydrogen-bond donors (Lipinski definition) is 2. The van der Waals surface area contributed by atoms with Gasteiger partial charge in [-0.2, -0.15) is 0 Å². The molecule has 0 heterocycles. The molecule has 0 saturated heterocycles. The second-order valence-corrected chi connectivity index (χ2v) is 4.68. The summed E-state index contributed by atoms with van der Waals surface area (Å²) in [6.07, 6.45) is 1.28. The van der Waals surface area contributed by atoms with Crippen molar-refractivity contribution in [3.05, 3.63) is 24.3 Å². The SMILES string of the molecule is CCCOc1ccccc1OCCC(C)(N)C(N)=O. The molecular formula is C14H22N2O3. The van der Waals surface area contributed by atoms with Gasteiger partial charge in [-0.1, -0.05) is 19.1 Å². The zero-order valence-corrected chi connectivity index (χ0v) is 11.5. The maximum atomic E-state index is 11.1. The zero-order chi connectivity index (χ0) is 14.3. The van der Waals surface area contributed by atoms with E-state index in [1.165, 1.54) is 0 Å². The van der Waals surface area contributed by atoms with E-state index in [1.54, 1.807) is 6.92 Å². The van der Waals surface area contributed by atoms with E-state index in [2.05, 4.69) is 0 Å². The fourth-order valence-corrected chi connectivity index (χ4v) is 1.40. The number of nitrogens with two attached hydrogens (primary N) is 2. The Kier molecular flexibility index (Phi) is 5.63. The summed E-state index contributed by atoms with van der Waals surface area (Å²) in [6, 6.07) is 7.42. The van der Waals surface area contributed by atoms with E-state index in [1.807, 2.05) is 31.2 Å². The van der Waals surface area contributed by atoms with Crippen molar-refractivity contribution in [1.82, 2.24) is 0 Å². The van der Waals surface area contributed by atoms with Crippen molar-refractivity contribution in [2.45, 2.75) is 32.2 Å². The maximum Gasteiger partial charge on any atom is 0.237 e. The lowest BCUT2D eigenvalue weighted by Crippen LogP contribution is -2.50. The number of para-hydroxylation sites is 2. The minimum Gasteiger partial charge on any atom is -0.490 e. The Morgan fingerprint density at radius 1 is 1.21 bits per heavy atom. The molecule has 0 radical (unpaired) electrons. The van der Waals surface area contributed by atoms with Gasteiger partial charge < -0.3 is 20.9 Å². The molecule has 106 valence electrons. The van der Waals surface area contributed by atoms with Crippen LogP contribution in [0.4, 0.5) is 0 Å². The lowest BCUT2D eigenvalue weighted by Gasteiger charge is -2.20. The Bertz CT molecular complexity index is 419. The third-order valence-corrected chi connectivity index (χ3v) is 2.75. The monoisotopic (exact) mass is 266 g/mol. The molecule has 1 aromatic rings. The highest BCUT2D eigenvalue weighted by Gasteiger charge is 2.25. The van der Waals surface area contributed by atoms with E-state index in [0.717, 1.165) is 6.42 Å². The van der Waals surface area contributed by atoms with Gasteiger partial charge in [0.05, 0.1) is 18.8 Å². The second-order valence-electron chi connectivity index (χ2n) is 4.68. The number of ether oxygens (including phenoxy) is 2. The molecule has 4 N–H and O–H groups in total. The van der Waals surface area contributed by atoms with E-state index in [0.29, 0.717) is 31.1 Å². The molecule has 0 saturated carbocycles. The first-order chi connectivity index (χ1) is 8.97. The van der Waals surface area contributed by atoms with Crippen molar-refractivity contribution in [2.24, 2.45) is 11.5 Å². The van der Waals surface area contributed by atoms with Gasteiger partial charge >= 0.3 is 0 Å². The number of amides is 1. The lowest BCUT2D eigenvalue weighted by molar-refractivity contribution is -0.123. The van der Waals surface area contributed by atoms with Crippen molar-refractivity contribution >= 4 is 5.91 Å². The second kappa shape index (κ2) is 6.99. The molecule has 0 aliphatic carbocycles. The van der Waals surface area contributed by atoms with Crippen LogP contribution in [0, 0.1) is 0 Å². The van der Waals surface area contributed by atoms with Crippen molar-refractivity contribution in [3.8, 4) is 11.5 Å². The molecule has 5 heteroatoms. The van der Waals surface area contributed by atoms with Gasteiger partial charge in [-0.25, -0.2) is 0 Å². The molecule has 1 aromatic carbocycles. The molecule has 0 spiro atoms. The largest absolute Gasteiger partial charge is 0.490 e. The molecule has 5 nitrogen and oxygen atoms in total. The number of carbonyl (C=O) groups excluding carboxylic acids is 1. The smallest absolute Gasteiger partial charge is 0.237 e. The first kappa shape index (κ1) is 15.3. The van der Waals surface area contributed by atoms with Crippen molar-refractivity contribution in [2.75, 3.05) is 13.2 Å². The minimum absolute atomic E-state index is 0.308. The topological polar surface area (TPSA) is 87.6 Å². The van der Waals surface area contributed by atoms with Gasteiger partial charge in [0.1, 0.15) is 0 Å². The molecule has 1 rings (SSSR count). The highest BCUT2D eigenvalue weighted by atomic mass is 16.5. The van der Waals surface area contributed by atoms with Crippen LogP contribution in [0.2, 0.25) is 0 Å². The molecule has 0 aliphatic heterocycles. The average Bonchev–Trinajstić information content (AvgIpc) is 2.37. The van der Waals surface area contributed by atoms with Crippen LogP contribution >= 0.6 is 0 Å². The predicted octanol–water partition coefficient (Wildman–Crippen LogP) is 1.45. The lowest BCUT2D eigenvalue weighted by atomic mass is 9.99. The van der Waals surface area contributed by atoms with Crippen molar-refractivity contribution < 1.29 is 14.3 Å². The Morgan fingerprint density at radius 2 is 1.74 bits per heavy atom. The fourth-order valence-electron chi connectivity index (χ4n) is 1.40. The number of rotatable bonds is 8. The third-order valence-electron chi connectivity index (χ3n) is 2.75. The minimum atomic E-state index is -1.06. The van der Waals surface area contributed by atoms with Crippen molar-refractivity contribution in [3.63, 3.8) is 0 Å². The van der Waals surface area contributed by atoms with Crippen LogP contribution in [-0.2, 0) is 4.79 Å². The van der Waals surface area contributed by atoms with E-state index in [4.69, 9.17) is 20.9 Å². The number of hydrogen-bond acceptors (Lipinski definition) is 4. The van der Waals surface area contributed by atoms with E-state index in [-0.39, 0.29) is 0 Å². The Morgan fingerprint density at radius 3 is 2.21 bits per heavy atom. The number of carbonyl (C=O) groups is 1. The molecule has 0 fully saturated rings. The Balaban J connectivity index is 2.55. The van der Waals surface area contributed by atoms with Crippen LogP contribution in [0.25, 0.3) is 0 Å². The molecule has 1 unspecified atom stereocenters. The summed E-state index contributed by atoms with van der Waals surface area (Å²) in [6.45, 7) is 4.58. The molecule has 0 bridgehead atoms. The normalized spacial score (nSPS) is 13.6. The molecule has 1 amide bonds. The Labute approximate surface area is 113 Å². The summed E-state index contributed by atoms with van der Waals surface area (Å²) in [7, 11) is 0. The first-order valence-electron chi connectivity index (χ1n) is 6.41. The molecule has 0 aromatic heterocycles. The van der Waals surface area contributed by atoms with E-state index < -0.39 is 11.4 Å². The Hall–Kier alpha value is -1.75. The summed E-state index contributed by atoms with van der Waals surface area (Å²) < 4.78 is 11.2. The first-order valence-corrected chi connectivity index (χ1v) is 6.41. The van der Waals surface area contributed by atoms with Crippen LogP contribution in [0.1, 0.15) is 26.7 Å². The number of primary amides is 1. The standard InChI is InChI=1S/C14H22N2O3/c1-3-9-18-11-6-4-5-7-12(11)19-10-8-14(2,16)13(15)17/h4-7H,3,8-10,16H2,1-2H3,(H2,15,17). The van der Waals surface area contributed by atoms with Crippen LogP contribution in [0.15, 0.2) is 24.3 Å². The van der Waals surface area contributed by atoms with Gasteiger partial charge in [0.25, 0.3) is 0 Å². The highest BCUT2D eigenvalue weighted by Crippen LogP contribution is 2.26. The van der Waals surface area contributed by atoms with E-state index >= 15 is 0 Å². The maximum absolute atomic E-state index is 11.1. The average molecular weight is 266 g/mol. The zero-order valence-electron chi connectivity index (χ0n) is 11.5. The highest BCUT2D eigenvalue weighted by molar-refractivity contribution is 5.83. The summed E-state index contributed by atoms with van der Waals surface area (Å²) in [5.74, 6) is 0.810. The van der Waals surface area contributed by atoms with Gasteiger partial charge in [-0.05, 0) is 25.5 Å². The summed E-state index contributed by atoms with van der Waals surface area (Å²) in [5.41, 5.74) is 9.90. The van der Waals surface area contributed by atoms with E-state index in [9.17, 15) is 4.79 Å². The van der Waals surface area contributed by atoms with Gasteiger partial charge in [0.15, 0.2) is 11.5 Å². The van der Waals surface area contributed by atoms with Crippen LogP contribution in [0.3, 0.4) is 0 Å². The summed E-state index contributed by atoms with van der Waals surface area (Å²) >= 11 is 0. The molecule has 0 aliphatic rings. The predicted molar refractivity (Wildman–Crippen MR) is 74.1 cm³/mol. The summed E-state index contributed by atoms with van der Waals surface area (Å²) in [5, 5.41) is 0. The van der Waals surface area contributed by atoms with Crippen LogP contribution in [0.5, 0.6) is 11.5 Å². The van der Waals surface area contributed by atoms with Crippen LogP contribution in [-0.4, -0.2) is 24.7 Å². The molecule has 1 atom stereocenters. The van der Waals surface area contributed by atoms with Gasteiger partial charge in [-0.15, -0.1) is 0 Å². The van der Waals surface area contributed by atoms with Crippen LogP contribution < -0.4 is 20.9 Å². The third kappa shape index (κ3) is 4.79.